The Morgan fingerprint density at radius 2 is 2.36 bits per heavy atom. The topological polar surface area (TPSA) is 12.9 Å². The fourth-order valence-electron chi connectivity index (χ4n) is 0.835. The molecule has 0 saturated carbocycles. The molecule has 0 aromatic carbocycles. The summed E-state index contributed by atoms with van der Waals surface area (Å²) >= 11 is 3.41. The van der Waals surface area contributed by atoms with Gasteiger partial charge in [-0.3, -0.25) is 4.98 Å². The van der Waals surface area contributed by atoms with Crippen molar-refractivity contribution in [1.29, 1.82) is 0 Å². The van der Waals surface area contributed by atoms with Gasteiger partial charge in [-0.1, -0.05) is 22.9 Å². The summed E-state index contributed by atoms with van der Waals surface area (Å²) in [4.78, 5) is 3.96. The summed E-state index contributed by atoms with van der Waals surface area (Å²) in [6.45, 7) is 2.03. The van der Waals surface area contributed by atoms with E-state index in [1.165, 1.54) is 12.3 Å². The molecular weight excluding hydrogens is 209 g/mol. The van der Waals surface area contributed by atoms with Crippen molar-refractivity contribution in [3.63, 3.8) is 0 Å². The van der Waals surface area contributed by atoms with E-state index in [4.69, 9.17) is 0 Å². The van der Waals surface area contributed by atoms with Crippen molar-refractivity contribution in [2.45, 2.75) is 18.2 Å². The number of alkyl halides is 1. The predicted molar refractivity (Wildman–Crippen MR) is 46.2 cm³/mol. The highest BCUT2D eigenvalue weighted by atomic mass is 79.9. The van der Waals surface area contributed by atoms with Crippen LogP contribution in [0.2, 0.25) is 0 Å². The minimum atomic E-state index is -0.277. The Kier molecular flexibility index (Phi) is 3.00. The van der Waals surface area contributed by atoms with Crippen LogP contribution >= 0.6 is 15.9 Å². The molecule has 0 spiro atoms. The van der Waals surface area contributed by atoms with Crippen LogP contribution in [-0.2, 0) is 0 Å². The third-order valence-electron chi connectivity index (χ3n) is 1.45. The van der Waals surface area contributed by atoms with Crippen molar-refractivity contribution >= 4 is 15.9 Å². The number of hydrogen-bond acceptors (Lipinski definition) is 1. The van der Waals surface area contributed by atoms with E-state index in [2.05, 4.69) is 20.9 Å². The maximum absolute atomic E-state index is 12.6. The molecule has 1 rings (SSSR count). The molecule has 0 amide bonds. The zero-order chi connectivity index (χ0) is 8.27. The van der Waals surface area contributed by atoms with Crippen LogP contribution in [0.5, 0.6) is 0 Å². The van der Waals surface area contributed by atoms with E-state index in [0.29, 0.717) is 0 Å². The molecule has 1 unspecified atom stereocenters. The Morgan fingerprint density at radius 1 is 1.64 bits per heavy atom. The Balaban J connectivity index is 2.86. The summed E-state index contributed by atoms with van der Waals surface area (Å²) in [5.41, 5.74) is 0.896. The molecule has 0 fully saturated rings. The molecule has 1 atom stereocenters. The molecule has 1 aromatic rings. The van der Waals surface area contributed by atoms with Crippen LogP contribution in [0.25, 0.3) is 0 Å². The lowest BCUT2D eigenvalue weighted by Crippen LogP contribution is -1.89. The summed E-state index contributed by atoms with van der Waals surface area (Å²) in [7, 11) is 0. The van der Waals surface area contributed by atoms with Crippen LogP contribution in [-0.4, -0.2) is 4.98 Å². The number of nitrogens with zero attached hydrogens (tertiary/aromatic N) is 1. The second-order valence-corrected chi connectivity index (χ2v) is 3.42. The van der Waals surface area contributed by atoms with Gasteiger partial charge in [-0.15, -0.1) is 0 Å². The molecule has 0 aliphatic heterocycles. The lowest BCUT2D eigenvalue weighted by molar-refractivity contribution is 0.617. The first-order valence-electron chi connectivity index (χ1n) is 3.48. The van der Waals surface area contributed by atoms with Crippen molar-refractivity contribution in [2.24, 2.45) is 0 Å². The highest BCUT2D eigenvalue weighted by molar-refractivity contribution is 9.09. The fourth-order valence-corrected chi connectivity index (χ4v) is 1.09. The van der Waals surface area contributed by atoms with Gasteiger partial charge in [-0.2, -0.15) is 0 Å². The molecule has 3 heteroatoms. The predicted octanol–water partition coefficient (Wildman–Crippen LogP) is 3.07. The van der Waals surface area contributed by atoms with Crippen molar-refractivity contribution < 1.29 is 4.39 Å². The normalized spacial score (nSPS) is 13.0. The summed E-state index contributed by atoms with van der Waals surface area (Å²) < 4.78 is 12.6. The average Bonchev–Trinajstić information content (AvgIpc) is 2.03. The van der Waals surface area contributed by atoms with E-state index in [1.54, 1.807) is 6.20 Å². The number of rotatable bonds is 2. The monoisotopic (exact) mass is 217 g/mol. The Hall–Kier alpha value is -0.440. The molecule has 60 valence electrons. The van der Waals surface area contributed by atoms with Gasteiger partial charge >= 0.3 is 0 Å². The largest absolute Gasteiger partial charge is 0.261 e. The fraction of sp³-hybridized carbons (Fsp3) is 0.375. The maximum Gasteiger partial charge on any atom is 0.141 e. The maximum atomic E-state index is 12.6. The molecule has 0 bridgehead atoms. The average molecular weight is 218 g/mol. The quantitative estimate of drug-likeness (QED) is 0.695. The Morgan fingerprint density at radius 3 is 2.91 bits per heavy atom. The number of hydrogen-bond donors (Lipinski definition) is 0. The second kappa shape index (κ2) is 3.81. The van der Waals surface area contributed by atoms with E-state index >= 15 is 0 Å². The lowest BCUT2D eigenvalue weighted by atomic mass is 10.2. The molecule has 1 nitrogen and oxygen atoms in total. The van der Waals surface area contributed by atoms with Crippen LogP contribution < -0.4 is 0 Å². The van der Waals surface area contributed by atoms with Gasteiger partial charge in [0.1, 0.15) is 5.82 Å². The second-order valence-electron chi connectivity index (χ2n) is 2.31. The highest BCUT2D eigenvalue weighted by Gasteiger charge is 2.04. The first-order valence-corrected chi connectivity index (χ1v) is 4.40. The molecular formula is C8H9BrFN. The van der Waals surface area contributed by atoms with E-state index < -0.39 is 0 Å². The van der Waals surface area contributed by atoms with Crippen LogP contribution in [0.15, 0.2) is 18.5 Å². The summed E-state index contributed by atoms with van der Waals surface area (Å²) in [5.74, 6) is -0.277. The van der Waals surface area contributed by atoms with Crippen molar-refractivity contribution in [3.05, 3.63) is 29.8 Å². The van der Waals surface area contributed by atoms with Gasteiger partial charge < -0.3 is 0 Å². The SMILES string of the molecule is CCC(Br)c1cncc(F)c1. The molecule has 0 saturated heterocycles. The van der Waals surface area contributed by atoms with Gasteiger partial charge in [-0.25, -0.2) is 4.39 Å². The van der Waals surface area contributed by atoms with Gasteiger partial charge in [0.2, 0.25) is 0 Å². The molecule has 0 radical (unpaired) electrons. The van der Waals surface area contributed by atoms with Crippen LogP contribution in [0, 0.1) is 5.82 Å². The lowest BCUT2D eigenvalue weighted by Gasteiger charge is -2.04. The van der Waals surface area contributed by atoms with Crippen LogP contribution in [0.4, 0.5) is 4.39 Å². The van der Waals surface area contributed by atoms with Gasteiger partial charge in [0.15, 0.2) is 0 Å². The van der Waals surface area contributed by atoms with Gasteiger partial charge in [0, 0.05) is 11.0 Å². The number of pyridine rings is 1. The van der Waals surface area contributed by atoms with Gasteiger partial charge in [0.05, 0.1) is 6.20 Å². The van der Waals surface area contributed by atoms with Crippen molar-refractivity contribution in [1.82, 2.24) is 4.98 Å². The molecule has 11 heavy (non-hydrogen) atoms. The first-order chi connectivity index (χ1) is 5.24. The Labute approximate surface area is 73.8 Å². The van der Waals surface area contributed by atoms with Gasteiger partial charge in [0.25, 0.3) is 0 Å². The summed E-state index contributed by atoms with van der Waals surface area (Å²) in [6, 6.07) is 1.50. The number of halogens is 2. The smallest absolute Gasteiger partial charge is 0.141 e. The highest BCUT2D eigenvalue weighted by Crippen LogP contribution is 2.25. The molecule has 1 aromatic heterocycles. The van der Waals surface area contributed by atoms with Crippen LogP contribution in [0.3, 0.4) is 0 Å². The van der Waals surface area contributed by atoms with E-state index in [-0.39, 0.29) is 10.6 Å². The standard InChI is InChI=1S/C8H9BrFN/c1-2-8(9)6-3-7(10)5-11-4-6/h3-5,8H,2H2,1H3. The first kappa shape index (κ1) is 8.65. The number of aromatic nitrogens is 1. The van der Waals surface area contributed by atoms with E-state index in [1.807, 2.05) is 6.92 Å². The molecule has 0 aliphatic carbocycles. The molecule has 0 N–H and O–H groups in total. The zero-order valence-corrected chi connectivity index (χ0v) is 7.81. The minimum Gasteiger partial charge on any atom is -0.261 e. The molecule has 0 aliphatic rings. The van der Waals surface area contributed by atoms with Crippen molar-refractivity contribution in [2.75, 3.05) is 0 Å². The van der Waals surface area contributed by atoms with Gasteiger partial charge in [-0.05, 0) is 18.1 Å². The Bertz CT molecular complexity index is 239. The van der Waals surface area contributed by atoms with E-state index in [9.17, 15) is 4.39 Å². The third kappa shape index (κ3) is 2.26. The third-order valence-corrected chi connectivity index (χ3v) is 2.62. The molecule has 1 heterocycles. The zero-order valence-electron chi connectivity index (χ0n) is 6.22. The van der Waals surface area contributed by atoms with Crippen molar-refractivity contribution in [3.8, 4) is 0 Å². The van der Waals surface area contributed by atoms with E-state index in [0.717, 1.165) is 12.0 Å². The van der Waals surface area contributed by atoms with Crippen LogP contribution in [0.1, 0.15) is 23.7 Å². The summed E-state index contributed by atoms with van der Waals surface area (Å²) in [5, 5.41) is 0. The summed E-state index contributed by atoms with van der Waals surface area (Å²) in [6.07, 6.45) is 3.82. The minimum absolute atomic E-state index is 0.214.